The number of nitrogens with zero attached hydrogens (tertiary/aromatic N) is 1. The van der Waals surface area contributed by atoms with Gasteiger partial charge in [0.2, 0.25) is 5.75 Å². The Morgan fingerprint density at radius 1 is 1.19 bits per heavy atom. The lowest BCUT2D eigenvalue weighted by Gasteiger charge is -2.09. The van der Waals surface area contributed by atoms with Crippen LogP contribution in [0.4, 0.5) is 5.69 Å². The fourth-order valence-corrected chi connectivity index (χ4v) is 2.00. The van der Waals surface area contributed by atoms with Gasteiger partial charge in [0.25, 0.3) is 0 Å². The Kier molecular flexibility index (Phi) is 4.67. The minimum Gasteiger partial charge on any atom is -0.450 e. The van der Waals surface area contributed by atoms with E-state index in [1.807, 2.05) is 0 Å². The monoisotopic (exact) mass is 327 g/mol. The van der Waals surface area contributed by atoms with Crippen molar-refractivity contribution in [3.05, 3.63) is 62.1 Å². The summed E-state index contributed by atoms with van der Waals surface area (Å²) in [5, 5.41) is 20.7. The number of hydrogen-bond donors (Lipinski definition) is 1. The molecule has 1 N–H and O–H groups in total. The highest BCUT2D eigenvalue weighted by Crippen LogP contribution is 2.38. The van der Waals surface area contributed by atoms with E-state index in [0.717, 1.165) is 6.07 Å². The summed E-state index contributed by atoms with van der Waals surface area (Å²) in [4.78, 5) is 10.4. The number of halogens is 2. The first kappa shape index (κ1) is 15.6. The molecule has 1 atom stereocenters. The molecule has 0 spiro atoms. The van der Waals surface area contributed by atoms with E-state index in [9.17, 15) is 15.2 Å². The summed E-state index contributed by atoms with van der Waals surface area (Å²) in [5.74, 6) is 0.389. The van der Waals surface area contributed by atoms with Crippen molar-refractivity contribution in [2.45, 2.75) is 13.0 Å². The van der Waals surface area contributed by atoms with E-state index < -0.39 is 11.0 Å². The summed E-state index contributed by atoms with van der Waals surface area (Å²) in [6.45, 7) is 1.64. The van der Waals surface area contributed by atoms with Gasteiger partial charge < -0.3 is 9.84 Å². The van der Waals surface area contributed by atoms with Gasteiger partial charge in [-0.25, -0.2) is 0 Å². The van der Waals surface area contributed by atoms with E-state index in [1.54, 1.807) is 31.2 Å². The van der Waals surface area contributed by atoms with E-state index in [2.05, 4.69) is 0 Å². The molecule has 2 rings (SSSR count). The molecule has 0 amide bonds. The highest BCUT2D eigenvalue weighted by molar-refractivity contribution is 6.42. The largest absolute Gasteiger partial charge is 0.450 e. The van der Waals surface area contributed by atoms with Crippen molar-refractivity contribution >= 4 is 28.9 Å². The maximum Gasteiger partial charge on any atom is 0.313 e. The second-order valence-electron chi connectivity index (χ2n) is 4.34. The van der Waals surface area contributed by atoms with Crippen molar-refractivity contribution < 1.29 is 14.8 Å². The standard InChI is InChI=1S/C14H11Cl2NO4/c1-8(18)9-2-4-10(5-3-9)21-14-7-12(16)11(15)6-13(14)17(19)20/h2-8,18H,1H3/t8-/m1/s1. The summed E-state index contributed by atoms with van der Waals surface area (Å²) >= 11 is 11.6. The van der Waals surface area contributed by atoms with Gasteiger partial charge in [-0.3, -0.25) is 10.1 Å². The van der Waals surface area contributed by atoms with E-state index in [4.69, 9.17) is 27.9 Å². The predicted octanol–water partition coefficient (Wildman–Crippen LogP) is 4.75. The van der Waals surface area contributed by atoms with Crippen LogP contribution in [0.2, 0.25) is 10.0 Å². The van der Waals surface area contributed by atoms with Crippen LogP contribution in [0.5, 0.6) is 11.5 Å². The van der Waals surface area contributed by atoms with Gasteiger partial charge in [0.15, 0.2) is 0 Å². The van der Waals surface area contributed by atoms with Gasteiger partial charge in [-0.1, -0.05) is 35.3 Å². The molecular formula is C14H11Cl2NO4. The van der Waals surface area contributed by atoms with Gasteiger partial charge in [-0.05, 0) is 24.6 Å². The molecule has 0 aliphatic heterocycles. The number of aliphatic hydroxyl groups is 1. The van der Waals surface area contributed by atoms with Crippen molar-refractivity contribution in [2.24, 2.45) is 0 Å². The average molecular weight is 328 g/mol. The van der Waals surface area contributed by atoms with Gasteiger partial charge in [0.05, 0.1) is 21.1 Å². The molecule has 0 radical (unpaired) electrons. The maximum absolute atomic E-state index is 11.0. The third-order valence-electron chi connectivity index (χ3n) is 2.79. The zero-order chi connectivity index (χ0) is 15.6. The molecular weight excluding hydrogens is 317 g/mol. The van der Waals surface area contributed by atoms with Gasteiger partial charge in [0, 0.05) is 12.1 Å². The molecule has 0 bridgehead atoms. The van der Waals surface area contributed by atoms with Gasteiger partial charge in [0.1, 0.15) is 5.75 Å². The molecule has 0 fully saturated rings. The van der Waals surface area contributed by atoms with Crippen molar-refractivity contribution in [3.8, 4) is 11.5 Å². The fourth-order valence-electron chi connectivity index (χ4n) is 1.68. The summed E-state index contributed by atoms with van der Waals surface area (Å²) < 4.78 is 5.47. The van der Waals surface area contributed by atoms with Crippen molar-refractivity contribution in [3.63, 3.8) is 0 Å². The molecule has 5 nitrogen and oxygen atoms in total. The zero-order valence-electron chi connectivity index (χ0n) is 10.9. The summed E-state index contributed by atoms with van der Waals surface area (Å²) in [5.41, 5.74) is 0.440. The van der Waals surface area contributed by atoms with Crippen LogP contribution in [0, 0.1) is 10.1 Å². The third-order valence-corrected chi connectivity index (χ3v) is 3.51. The first-order valence-corrected chi connectivity index (χ1v) is 6.73. The molecule has 2 aromatic rings. The smallest absolute Gasteiger partial charge is 0.313 e. The number of ether oxygens (including phenoxy) is 1. The van der Waals surface area contributed by atoms with E-state index >= 15 is 0 Å². The molecule has 7 heteroatoms. The fraction of sp³-hybridized carbons (Fsp3) is 0.143. The number of nitro groups is 1. The number of aliphatic hydroxyl groups excluding tert-OH is 1. The molecule has 110 valence electrons. The van der Waals surface area contributed by atoms with E-state index in [0.29, 0.717) is 11.3 Å². The van der Waals surface area contributed by atoms with Crippen LogP contribution in [-0.4, -0.2) is 10.0 Å². The number of benzene rings is 2. The second kappa shape index (κ2) is 6.30. The second-order valence-corrected chi connectivity index (χ2v) is 5.15. The third kappa shape index (κ3) is 3.64. The van der Waals surface area contributed by atoms with Crippen LogP contribution in [-0.2, 0) is 0 Å². The Morgan fingerprint density at radius 3 is 2.29 bits per heavy atom. The minimum atomic E-state index is -0.599. The Bertz CT molecular complexity index is 671. The highest BCUT2D eigenvalue weighted by Gasteiger charge is 2.19. The highest BCUT2D eigenvalue weighted by atomic mass is 35.5. The minimum absolute atomic E-state index is 0.000744. The Labute approximate surface area is 130 Å². The van der Waals surface area contributed by atoms with Crippen molar-refractivity contribution in [1.29, 1.82) is 0 Å². The Hall–Kier alpha value is -1.82. The van der Waals surface area contributed by atoms with Gasteiger partial charge >= 0.3 is 5.69 Å². The van der Waals surface area contributed by atoms with Crippen LogP contribution in [0.3, 0.4) is 0 Å². The summed E-state index contributed by atoms with van der Waals surface area (Å²) in [7, 11) is 0. The average Bonchev–Trinajstić information content (AvgIpc) is 2.43. The summed E-state index contributed by atoms with van der Waals surface area (Å²) in [6, 6.07) is 8.99. The molecule has 21 heavy (non-hydrogen) atoms. The van der Waals surface area contributed by atoms with Crippen molar-refractivity contribution in [1.82, 2.24) is 0 Å². The quantitative estimate of drug-likeness (QED) is 0.649. The van der Waals surface area contributed by atoms with Gasteiger partial charge in [-0.2, -0.15) is 0 Å². The molecule has 0 aliphatic carbocycles. The molecule has 0 aliphatic rings. The normalized spacial score (nSPS) is 12.0. The lowest BCUT2D eigenvalue weighted by atomic mass is 10.1. The predicted molar refractivity (Wildman–Crippen MR) is 80.3 cm³/mol. The van der Waals surface area contributed by atoms with Crippen LogP contribution >= 0.6 is 23.2 Å². The SMILES string of the molecule is C[C@@H](O)c1ccc(Oc2cc(Cl)c(Cl)cc2[N+](=O)[O-])cc1. The van der Waals surface area contributed by atoms with Crippen LogP contribution in [0.15, 0.2) is 36.4 Å². The maximum atomic E-state index is 11.0. The lowest BCUT2D eigenvalue weighted by molar-refractivity contribution is -0.385. The van der Waals surface area contributed by atoms with Crippen molar-refractivity contribution in [2.75, 3.05) is 0 Å². The molecule has 0 aromatic heterocycles. The number of rotatable bonds is 4. The van der Waals surface area contributed by atoms with E-state index in [-0.39, 0.29) is 21.5 Å². The first-order valence-electron chi connectivity index (χ1n) is 5.98. The van der Waals surface area contributed by atoms with Crippen LogP contribution in [0.1, 0.15) is 18.6 Å². The van der Waals surface area contributed by atoms with Gasteiger partial charge in [-0.15, -0.1) is 0 Å². The number of nitro benzene ring substituents is 1. The first-order chi connectivity index (χ1) is 9.88. The molecule has 0 heterocycles. The molecule has 0 saturated heterocycles. The molecule has 2 aromatic carbocycles. The molecule has 0 saturated carbocycles. The zero-order valence-corrected chi connectivity index (χ0v) is 12.4. The van der Waals surface area contributed by atoms with Crippen LogP contribution in [0.25, 0.3) is 0 Å². The Morgan fingerprint density at radius 2 is 1.76 bits per heavy atom. The lowest BCUT2D eigenvalue weighted by Crippen LogP contribution is -1.95. The van der Waals surface area contributed by atoms with E-state index in [1.165, 1.54) is 6.07 Å². The van der Waals surface area contributed by atoms with Crippen LogP contribution < -0.4 is 4.74 Å². The molecule has 0 unspecified atom stereocenters. The number of hydrogen-bond acceptors (Lipinski definition) is 4. The summed E-state index contributed by atoms with van der Waals surface area (Å²) in [6.07, 6.45) is -0.599. The Balaban J connectivity index is 2.34. The topological polar surface area (TPSA) is 72.6 Å².